The molecule has 2 rings (SSSR count). The molecule has 8 N–H and O–H groups in total. The summed E-state index contributed by atoms with van der Waals surface area (Å²) in [6, 6.07) is 14.7. The van der Waals surface area contributed by atoms with Crippen LogP contribution >= 0.6 is 0 Å². The predicted octanol–water partition coefficient (Wildman–Crippen LogP) is 2.24. The van der Waals surface area contributed by atoms with Crippen LogP contribution < -0.4 is 37.6 Å². The number of hydrogen-bond acceptors (Lipinski definition) is 10. The molecule has 0 fully saturated rings. The molecule has 0 heterocycles. The topological polar surface area (TPSA) is 236 Å². The lowest BCUT2D eigenvalue weighted by Gasteiger charge is -2.21. The highest BCUT2D eigenvalue weighted by Gasteiger charge is 2.24. The number of ether oxygens (including phenoxy) is 2. The molecule has 0 saturated heterocycles. The summed E-state index contributed by atoms with van der Waals surface area (Å²) >= 11 is 0. The Morgan fingerprint density at radius 1 is 0.554 bits per heavy atom. The number of unbranched alkanes of at least 4 members (excludes halogenated alkanes) is 1. The summed E-state index contributed by atoms with van der Waals surface area (Å²) in [6.45, 7) is 8.69. The number of carbonyl (C=O) groups is 7. The number of carbonyl (C=O) groups excluding carboxylic acids is 7. The van der Waals surface area contributed by atoms with Gasteiger partial charge in [0.05, 0.1) is 6.04 Å². The van der Waals surface area contributed by atoms with Gasteiger partial charge in [-0.1, -0.05) is 60.7 Å². The van der Waals surface area contributed by atoms with E-state index in [1.54, 1.807) is 34.6 Å². The van der Waals surface area contributed by atoms with Gasteiger partial charge in [0.1, 0.15) is 19.3 Å². The van der Waals surface area contributed by atoms with Gasteiger partial charge in [0.15, 0.2) is 0 Å². The molecule has 56 heavy (non-hydrogen) atoms. The number of esters is 1. The fraction of sp³-hybridized carbons (Fsp3) is 0.525. The first-order valence-electron chi connectivity index (χ1n) is 19.0. The van der Waals surface area contributed by atoms with Gasteiger partial charge in [-0.25, -0.2) is 9.59 Å². The lowest BCUT2D eigenvalue weighted by atomic mass is 10.1. The number of amides is 6. The van der Waals surface area contributed by atoms with Crippen LogP contribution in [0.15, 0.2) is 60.7 Å². The molecular weight excluding hydrogens is 722 g/mol. The molecule has 16 heteroatoms. The fourth-order valence-electron chi connectivity index (χ4n) is 5.46. The Kier molecular flexibility index (Phi) is 21.3. The van der Waals surface area contributed by atoms with Crippen molar-refractivity contribution in [3.63, 3.8) is 0 Å². The van der Waals surface area contributed by atoms with Crippen molar-refractivity contribution in [1.82, 2.24) is 31.9 Å². The maximum atomic E-state index is 13.1. The second-order valence-electron chi connectivity index (χ2n) is 14.1. The van der Waals surface area contributed by atoms with Gasteiger partial charge < -0.3 is 47.1 Å². The summed E-state index contributed by atoms with van der Waals surface area (Å²) in [7, 11) is 0. The lowest BCUT2D eigenvalue weighted by molar-refractivity contribution is -0.149. The lowest BCUT2D eigenvalue weighted by Crippen LogP contribution is -2.46. The largest absolute Gasteiger partial charge is 0.459 e. The Hall–Kier alpha value is -5.51. The Balaban J connectivity index is 1.77. The van der Waals surface area contributed by atoms with Crippen LogP contribution in [-0.2, 0) is 51.5 Å². The van der Waals surface area contributed by atoms with Crippen LogP contribution in [0.25, 0.3) is 0 Å². The van der Waals surface area contributed by atoms with Gasteiger partial charge in [-0.2, -0.15) is 0 Å². The molecule has 0 saturated carbocycles. The van der Waals surface area contributed by atoms with Crippen LogP contribution in [0.2, 0.25) is 0 Å². The molecule has 6 amide bonds. The second-order valence-corrected chi connectivity index (χ2v) is 14.1. The van der Waals surface area contributed by atoms with Crippen molar-refractivity contribution in [2.24, 2.45) is 5.73 Å². The Bertz CT molecular complexity index is 1560. The molecule has 0 bridgehead atoms. The smallest absolute Gasteiger partial charge is 0.407 e. The summed E-state index contributed by atoms with van der Waals surface area (Å²) < 4.78 is 10.7. The fourth-order valence-corrected chi connectivity index (χ4v) is 5.46. The Labute approximate surface area is 329 Å². The number of alkyl carbamates (subject to hydrolysis) is 1. The average molecular weight is 782 g/mol. The molecular formula is C40H59N7O9. The summed E-state index contributed by atoms with van der Waals surface area (Å²) in [4.78, 5) is 87.5. The van der Waals surface area contributed by atoms with Crippen molar-refractivity contribution < 1.29 is 43.0 Å². The third-order valence-corrected chi connectivity index (χ3v) is 8.24. The predicted molar refractivity (Wildman–Crippen MR) is 209 cm³/mol. The number of nitrogens with two attached hydrogens (primary N) is 1. The molecule has 0 unspecified atom stereocenters. The maximum Gasteiger partial charge on any atom is 0.407 e. The first kappa shape index (κ1) is 46.6. The molecule has 0 aliphatic heterocycles. The molecule has 0 radical (unpaired) electrons. The SMILES string of the molecule is C[C@H](CC(=O)N[C@H](C)CC(=O)N[C@@H](CCCCNC(=O)OCc1ccccc1)C(=O)OCc1ccccc1)NC(=O)C[C@@H](C)NC(=O)C[C@@H](C)NC(=O)[C@H](C)N. The quantitative estimate of drug-likeness (QED) is 0.0606. The van der Waals surface area contributed by atoms with Crippen molar-refractivity contribution in [2.45, 2.75) is 129 Å². The van der Waals surface area contributed by atoms with Crippen LogP contribution in [0.5, 0.6) is 0 Å². The molecule has 0 aliphatic carbocycles. The summed E-state index contributed by atoms with van der Waals surface area (Å²) in [5, 5.41) is 16.3. The molecule has 0 aliphatic rings. The summed E-state index contributed by atoms with van der Waals surface area (Å²) in [6.07, 6.45) is 0.517. The van der Waals surface area contributed by atoms with Gasteiger partial charge in [-0.15, -0.1) is 0 Å². The minimum Gasteiger partial charge on any atom is -0.459 e. The minimum absolute atomic E-state index is 0.0174. The van der Waals surface area contributed by atoms with E-state index >= 15 is 0 Å². The van der Waals surface area contributed by atoms with Crippen molar-refractivity contribution in [2.75, 3.05) is 6.54 Å². The number of rotatable bonds is 24. The van der Waals surface area contributed by atoms with Crippen molar-refractivity contribution in [3.05, 3.63) is 71.8 Å². The van der Waals surface area contributed by atoms with E-state index in [4.69, 9.17) is 15.2 Å². The molecule has 2 aromatic carbocycles. The molecule has 0 aromatic heterocycles. The zero-order valence-corrected chi connectivity index (χ0v) is 33.1. The van der Waals surface area contributed by atoms with Gasteiger partial charge in [0, 0.05) is 56.4 Å². The Morgan fingerprint density at radius 3 is 1.41 bits per heavy atom. The zero-order chi connectivity index (χ0) is 41.5. The average Bonchev–Trinajstić information content (AvgIpc) is 3.12. The molecule has 6 atom stereocenters. The third kappa shape index (κ3) is 20.8. The first-order chi connectivity index (χ1) is 26.6. The van der Waals surface area contributed by atoms with Gasteiger partial charge >= 0.3 is 12.1 Å². The van der Waals surface area contributed by atoms with E-state index in [1.165, 1.54) is 0 Å². The molecule has 2 aromatic rings. The van der Waals surface area contributed by atoms with E-state index in [0.717, 1.165) is 11.1 Å². The van der Waals surface area contributed by atoms with E-state index in [1.807, 2.05) is 60.7 Å². The normalized spacial score (nSPS) is 14.0. The highest BCUT2D eigenvalue weighted by molar-refractivity contribution is 5.86. The maximum absolute atomic E-state index is 13.1. The zero-order valence-electron chi connectivity index (χ0n) is 33.1. The molecule has 16 nitrogen and oxygen atoms in total. The van der Waals surface area contributed by atoms with Crippen LogP contribution in [0, 0.1) is 0 Å². The number of nitrogens with one attached hydrogen (secondary N) is 6. The van der Waals surface area contributed by atoms with Gasteiger partial charge in [-0.05, 0) is 65.0 Å². The Morgan fingerprint density at radius 2 is 0.964 bits per heavy atom. The number of benzene rings is 2. The van der Waals surface area contributed by atoms with E-state index in [9.17, 15) is 33.6 Å². The monoisotopic (exact) mass is 781 g/mol. The number of hydrogen-bond donors (Lipinski definition) is 7. The van der Waals surface area contributed by atoms with Gasteiger partial charge in [0.25, 0.3) is 0 Å². The second kappa shape index (κ2) is 25.5. The van der Waals surface area contributed by atoms with Gasteiger partial charge in [0.2, 0.25) is 29.5 Å². The minimum atomic E-state index is -0.953. The highest BCUT2D eigenvalue weighted by Crippen LogP contribution is 2.08. The van der Waals surface area contributed by atoms with Gasteiger partial charge in [-0.3, -0.25) is 24.0 Å². The summed E-state index contributed by atoms with van der Waals surface area (Å²) in [5.41, 5.74) is 7.19. The van der Waals surface area contributed by atoms with Crippen LogP contribution in [0.1, 0.15) is 90.7 Å². The highest BCUT2D eigenvalue weighted by atomic mass is 16.5. The molecule has 308 valence electrons. The van der Waals surface area contributed by atoms with Crippen molar-refractivity contribution in [3.8, 4) is 0 Å². The van der Waals surface area contributed by atoms with Crippen LogP contribution in [-0.4, -0.2) is 84.4 Å². The standard InChI is InChI=1S/C40H59N7O9/c1-26(43-34(48)21-27(2)44-36(50)23-29(4)46-38(52)30(5)41)20-35(49)45-28(3)22-37(51)47-33(39(53)55-24-31-14-8-6-9-15-31)18-12-13-19-42-40(54)56-25-32-16-10-7-11-17-32/h6-11,14-17,26-30,33H,12-13,18-25,41H2,1-5H3,(H,42,54)(H,43,48)(H,44,50)(H,45,49)(H,46,52)(H,47,51)/t26-,27-,28-,29-,30+,33+/m1/s1. The first-order valence-corrected chi connectivity index (χ1v) is 19.0. The van der Waals surface area contributed by atoms with Crippen LogP contribution in [0.4, 0.5) is 4.79 Å². The third-order valence-electron chi connectivity index (χ3n) is 8.24. The van der Waals surface area contributed by atoms with E-state index in [2.05, 4.69) is 31.9 Å². The van der Waals surface area contributed by atoms with E-state index < -0.39 is 60.1 Å². The van der Waals surface area contributed by atoms with Crippen molar-refractivity contribution in [1.29, 1.82) is 0 Å². The van der Waals surface area contributed by atoms with E-state index in [-0.39, 0.29) is 63.0 Å². The van der Waals surface area contributed by atoms with E-state index in [0.29, 0.717) is 19.4 Å². The van der Waals surface area contributed by atoms with Crippen LogP contribution in [0.3, 0.4) is 0 Å². The molecule has 0 spiro atoms. The van der Waals surface area contributed by atoms with Crippen molar-refractivity contribution >= 4 is 41.6 Å². The summed E-state index contributed by atoms with van der Waals surface area (Å²) in [5.74, 6) is -2.54.